The number of rotatable bonds is 4. The van der Waals surface area contributed by atoms with E-state index in [0.717, 1.165) is 36.8 Å². The Kier molecular flexibility index (Phi) is 4.33. The maximum absolute atomic E-state index is 11.8. The molecule has 2 aromatic heterocycles. The van der Waals surface area contributed by atoms with Crippen LogP contribution in [0.4, 0.5) is 5.69 Å². The van der Waals surface area contributed by atoms with Gasteiger partial charge in [0.15, 0.2) is 0 Å². The van der Waals surface area contributed by atoms with Crippen LogP contribution in [-0.4, -0.2) is 18.0 Å². The number of nitrogens with zero attached hydrogens (tertiary/aromatic N) is 1. The number of amides is 1. The molecule has 4 N–H and O–H groups in total. The highest BCUT2D eigenvalue weighted by molar-refractivity contribution is 7.23. The fraction of sp³-hybridized carbons (Fsp3) is 0.100. The van der Waals surface area contributed by atoms with Gasteiger partial charge >= 0.3 is 0 Å². The van der Waals surface area contributed by atoms with Gasteiger partial charge in [0.25, 0.3) is 5.91 Å². The van der Waals surface area contributed by atoms with E-state index in [-0.39, 0.29) is 0 Å². The Bertz CT molecular complexity index is 1180. The quantitative estimate of drug-likeness (QED) is 0.490. The van der Waals surface area contributed by atoms with Gasteiger partial charge in [0, 0.05) is 21.7 Å². The lowest BCUT2D eigenvalue weighted by Gasteiger charge is -2.06. The average molecular weight is 396 g/mol. The predicted molar refractivity (Wildman–Crippen MR) is 113 cm³/mol. The Balaban J connectivity index is 1.99. The second kappa shape index (κ2) is 6.68. The molecule has 0 bridgehead atoms. The van der Waals surface area contributed by atoms with Crippen molar-refractivity contribution in [1.82, 2.24) is 4.98 Å². The van der Waals surface area contributed by atoms with E-state index in [2.05, 4.69) is 0 Å². The van der Waals surface area contributed by atoms with Gasteiger partial charge in [0.1, 0.15) is 21.2 Å². The summed E-state index contributed by atoms with van der Waals surface area (Å²) in [5.41, 5.74) is 15.8. The molecule has 0 fully saturated rings. The van der Waals surface area contributed by atoms with Crippen molar-refractivity contribution in [3.05, 3.63) is 52.2 Å². The number of nitrogens with two attached hydrogens (primary N) is 2. The zero-order valence-corrected chi connectivity index (χ0v) is 16.4. The van der Waals surface area contributed by atoms with Crippen LogP contribution in [0.25, 0.3) is 31.9 Å². The summed E-state index contributed by atoms with van der Waals surface area (Å²) in [6.45, 7) is 1.95. The third-order valence-corrected chi connectivity index (χ3v) is 6.42. The second-order valence-electron chi connectivity index (χ2n) is 6.10. The number of hydrogen-bond acceptors (Lipinski definition) is 6. The van der Waals surface area contributed by atoms with Crippen LogP contribution in [0.1, 0.15) is 14.5 Å². The van der Waals surface area contributed by atoms with Crippen molar-refractivity contribution in [2.45, 2.75) is 6.92 Å². The summed E-state index contributed by atoms with van der Waals surface area (Å²) in [5, 5.41) is 0.748. The first-order valence-electron chi connectivity index (χ1n) is 8.22. The summed E-state index contributed by atoms with van der Waals surface area (Å²) in [5.74, 6) is 0.248. The van der Waals surface area contributed by atoms with Gasteiger partial charge in [0.2, 0.25) is 0 Å². The molecule has 0 aliphatic rings. The number of ether oxygens (including phenoxy) is 1. The number of primary amides is 1. The van der Waals surface area contributed by atoms with Gasteiger partial charge in [-0.3, -0.25) is 4.79 Å². The standard InChI is InChI=1S/C20H17N3O2S2/c1-10-8-14(18(26-10)19(22)24)20-23-16-15(25-2)7-6-13(17(16)27-20)11-4-3-5-12(21)9-11/h3-9H,21H2,1-2H3,(H2,22,24). The SMILES string of the molecule is COc1ccc(-c2cccc(N)c2)c2sc(-c3cc(C)sc3C(N)=O)nc12. The van der Waals surface area contributed by atoms with E-state index >= 15 is 0 Å². The number of thiazole rings is 1. The molecule has 5 nitrogen and oxygen atoms in total. The molecule has 0 aliphatic carbocycles. The Hall–Kier alpha value is -2.90. The molecule has 2 aromatic carbocycles. The van der Waals surface area contributed by atoms with Crippen molar-refractivity contribution in [3.63, 3.8) is 0 Å². The molecule has 27 heavy (non-hydrogen) atoms. The Morgan fingerprint density at radius 1 is 1.11 bits per heavy atom. The van der Waals surface area contributed by atoms with E-state index in [0.29, 0.717) is 16.3 Å². The van der Waals surface area contributed by atoms with Gasteiger partial charge < -0.3 is 16.2 Å². The monoisotopic (exact) mass is 395 g/mol. The van der Waals surface area contributed by atoms with Gasteiger partial charge in [-0.2, -0.15) is 0 Å². The van der Waals surface area contributed by atoms with Crippen LogP contribution in [0.5, 0.6) is 5.75 Å². The molecule has 0 saturated heterocycles. The van der Waals surface area contributed by atoms with Crippen LogP contribution in [0.15, 0.2) is 42.5 Å². The normalized spacial score (nSPS) is 11.0. The minimum atomic E-state index is -0.439. The molecule has 4 rings (SSSR count). The maximum atomic E-state index is 11.8. The van der Waals surface area contributed by atoms with Gasteiger partial charge in [-0.25, -0.2) is 4.98 Å². The van der Waals surface area contributed by atoms with Crippen LogP contribution in [-0.2, 0) is 0 Å². The summed E-state index contributed by atoms with van der Waals surface area (Å²) in [4.78, 5) is 18.2. The van der Waals surface area contributed by atoms with E-state index in [9.17, 15) is 4.79 Å². The van der Waals surface area contributed by atoms with Crippen molar-refractivity contribution in [2.75, 3.05) is 12.8 Å². The van der Waals surface area contributed by atoms with Crippen molar-refractivity contribution in [1.29, 1.82) is 0 Å². The molecular weight excluding hydrogens is 378 g/mol. The number of methoxy groups -OCH3 is 1. The molecule has 1 amide bonds. The maximum Gasteiger partial charge on any atom is 0.259 e. The first-order valence-corrected chi connectivity index (χ1v) is 9.85. The largest absolute Gasteiger partial charge is 0.494 e. The van der Waals surface area contributed by atoms with Crippen molar-refractivity contribution in [3.8, 4) is 27.4 Å². The minimum Gasteiger partial charge on any atom is -0.494 e. The van der Waals surface area contributed by atoms with Gasteiger partial charge in [0.05, 0.1) is 11.8 Å². The van der Waals surface area contributed by atoms with Crippen molar-refractivity contribution < 1.29 is 9.53 Å². The van der Waals surface area contributed by atoms with Crippen LogP contribution in [0.2, 0.25) is 0 Å². The van der Waals surface area contributed by atoms with E-state index in [1.807, 2.05) is 49.4 Å². The lowest BCUT2D eigenvalue weighted by molar-refractivity contribution is 0.100. The molecular formula is C20H17N3O2S2. The number of fused-ring (bicyclic) bond motifs is 1. The molecule has 2 heterocycles. The zero-order valence-electron chi connectivity index (χ0n) is 14.8. The van der Waals surface area contributed by atoms with E-state index in [1.165, 1.54) is 22.7 Å². The molecule has 0 atom stereocenters. The first-order chi connectivity index (χ1) is 13.0. The van der Waals surface area contributed by atoms with E-state index in [4.69, 9.17) is 21.2 Å². The van der Waals surface area contributed by atoms with Crippen LogP contribution in [0.3, 0.4) is 0 Å². The summed E-state index contributed by atoms with van der Waals surface area (Å²) < 4.78 is 6.49. The number of thiophene rings is 1. The number of anilines is 1. The molecule has 0 radical (unpaired) electrons. The van der Waals surface area contributed by atoms with E-state index in [1.54, 1.807) is 7.11 Å². The number of carbonyl (C=O) groups excluding carboxylic acids is 1. The first kappa shape index (κ1) is 17.5. The second-order valence-corrected chi connectivity index (χ2v) is 8.36. The third-order valence-electron chi connectivity index (χ3n) is 4.23. The van der Waals surface area contributed by atoms with Gasteiger partial charge in [-0.05, 0) is 42.8 Å². The van der Waals surface area contributed by atoms with Gasteiger partial charge in [-0.15, -0.1) is 22.7 Å². The lowest BCUT2D eigenvalue weighted by atomic mass is 10.0. The molecule has 4 aromatic rings. The average Bonchev–Trinajstić information content (AvgIpc) is 3.24. The Morgan fingerprint density at radius 3 is 2.63 bits per heavy atom. The van der Waals surface area contributed by atoms with Crippen molar-refractivity contribution in [2.24, 2.45) is 5.73 Å². The van der Waals surface area contributed by atoms with Crippen LogP contribution < -0.4 is 16.2 Å². The number of hydrogen-bond donors (Lipinski definition) is 2. The minimum absolute atomic E-state index is 0.439. The Labute approximate surface area is 164 Å². The van der Waals surface area contributed by atoms with Crippen molar-refractivity contribution >= 4 is 44.5 Å². The fourth-order valence-electron chi connectivity index (χ4n) is 3.05. The molecule has 0 saturated carbocycles. The smallest absolute Gasteiger partial charge is 0.259 e. The highest BCUT2D eigenvalue weighted by Gasteiger charge is 2.20. The summed E-state index contributed by atoms with van der Waals surface area (Å²) in [6, 6.07) is 13.6. The summed E-state index contributed by atoms with van der Waals surface area (Å²) >= 11 is 2.90. The number of carbonyl (C=O) groups is 1. The van der Waals surface area contributed by atoms with Crippen LogP contribution >= 0.6 is 22.7 Å². The fourth-order valence-corrected chi connectivity index (χ4v) is 5.12. The Morgan fingerprint density at radius 2 is 1.93 bits per heavy atom. The molecule has 136 valence electrons. The summed E-state index contributed by atoms with van der Waals surface area (Å²) in [6.07, 6.45) is 0. The molecule has 0 unspecified atom stereocenters. The number of aryl methyl sites for hydroxylation is 1. The molecule has 0 aliphatic heterocycles. The predicted octanol–water partition coefficient (Wildman–Crippen LogP) is 4.69. The van der Waals surface area contributed by atoms with E-state index < -0.39 is 5.91 Å². The summed E-state index contributed by atoms with van der Waals surface area (Å²) in [7, 11) is 1.62. The number of aromatic nitrogens is 1. The van der Waals surface area contributed by atoms with Crippen LogP contribution in [0, 0.1) is 6.92 Å². The van der Waals surface area contributed by atoms with Gasteiger partial charge in [-0.1, -0.05) is 12.1 Å². The topological polar surface area (TPSA) is 91.2 Å². The molecule has 7 heteroatoms. The highest BCUT2D eigenvalue weighted by atomic mass is 32.1. The third kappa shape index (κ3) is 3.05. The number of nitrogen functional groups attached to an aromatic ring is 1. The number of benzene rings is 2. The molecule has 0 spiro atoms. The zero-order chi connectivity index (χ0) is 19.1. The lowest BCUT2D eigenvalue weighted by Crippen LogP contribution is -2.09. The highest BCUT2D eigenvalue weighted by Crippen LogP contribution is 2.43.